The van der Waals surface area contributed by atoms with Crippen LogP contribution < -0.4 is 5.73 Å². The van der Waals surface area contributed by atoms with Crippen LogP contribution in [0.5, 0.6) is 0 Å². The zero-order valence-corrected chi connectivity index (χ0v) is 11.1. The Morgan fingerprint density at radius 1 is 1.31 bits per heavy atom. The quantitative estimate of drug-likeness (QED) is 0.788. The largest absolute Gasteiger partial charge is 0.381 e. The predicted molar refractivity (Wildman–Crippen MR) is 65.1 cm³/mol. The summed E-state index contributed by atoms with van der Waals surface area (Å²) in [4.78, 5) is 0. The van der Waals surface area contributed by atoms with Gasteiger partial charge in [-0.3, -0.25) is 0 Å². The second-order valence-corrected chi connectivity index (χ2v) is 7.70. The lowest BCUT2D eigenvalue weighted by Crippen LogP contribution is -2.33. The third kappa shape index (κ3) is 4.03. The van der Waals surface area contributed by atoms with Crippen LogP contribution in [0.15, 0.2) is 0 Å². The number of hydrogen-bond acceptors (Lipinski definition) is 4. The summed E-state index contributed by atoms with van der Waals surface area (Å²) >= 11 is 0. The van der Waals surface area contributed by atoms with Crippen LogP contribution in [0.1, 0.15) is 33.1 Å². The molecular weight excluding hydrogens is 226 g/mol. The van der Waals surface area contributed by atoms with Crippen LogP contribution >= 0.6 is 0 Å². The van der Waals surface area contributed by atoms with Gasteiger partial charge in [0.25, 0.3) is 0 Å². The van der Waals surface area contributed by atoms with Crippen molar-refractivity contribution in [2.75, 3.05) is 25.5 Å². The zero-order valence-electron chi connectivity index (χ0n) is 10.2. The topological polar surface area (TPSA) is 69.4 Å². The van der Waals surface area contributed by atoms with E-state index in [1.54, 1.807) is 0 Å². The Kier molecular flexibility index (Phi) is 4.76. The van der Waals surface area contributed by atoms with Crippen molar-refractivity contribution in [2.24, 2.45) is 11.1 Å². The van der Waals surface area contributed by atoms with Crippen molar-refractivity contribution in [3.05, 3.63) is 0 Å². The van der Waals surface area contributed by atoms with E-state index in [2.05, 4.69) is 0 Å². The molecule has 0 unspecified atom stereocenters. The van der Waals surface area contributed by atoms with E-state index in [1.165, 1.54) is 0 Å². The Morgan fingerprint density at radius 2 is 1.88 bits per heavy atom. The minimum atomic E-state index is -2.96. The Bertz CT molecular complexity index is 305. The molecule has 0 aromatic rings. The fourth-order valence-electron chi connectivity index (χ4n) is 1.72. The van der Waals surface area contributed by atoms with Gasteiger partial charge in [0.1, 0.15) is 0 Å². The summed E-state index contributed by atoms with van der Waals surface area (Å²) in [6.45, 7) is 5.68. The molecule has 0 saturated carbocycles. The minimum absolute atomic E-state index is 0.0851. The molecule has 0 aromatic carbocycles. The summed E-state index contributed by atoms with van der Waals surface area (Å²) in [5.74, 6) is 0.252. The first-order valence-corrected chi connectivity index (χ1v) is 7.58. The van der Waals surface area contributed by atoms with Gasteiger partial charge in [-0.05, 0) is 31.2 Å². The maximum absolute atomic E-state index is 12.1. The fraction of sp³-hybridized carbons (Fsp3) is 1.00. The summed E-state index contributed by atoms with van der Waals surface area (Å²) in [5.41, 5.74) is 5.51. The fourth-order valence-corrected chi connectivity index (χ4v) is 3.80. The van der Waals surface area contributed by atoms with Crippen molar-refractivity contribution < 1.29 is 13.2 Å². The molecule has 1 aliphatic rings. The Morgan fingerprint density at radius 3 is 2.38 bits per heavy atom. The van der Waals surface area contributed by atoms with Crippen LogP contribution in [0.3, 0.4) is 0 Å². The molecule has 96 valence electrons. The van der Waals surface area contributed by atoms with Gasteiger partial charge in [0.05, 0.1) is 11.0 Å². The highest BCUT2D eigenvalue weighted by molar-refractivity contribution is 7.92. The van der Waals surface area contributed by atoms with Crippen LogP contribution in [-0.2, 0) is 14.6 Å². The number of rotatable bonds is 5. The molecule has 2 N–H and O–H groups in total. The summed E-state index contributed by atoms with van der Waals surface area (Å²) < 4.78 is 29.3. The Labute approximate surface area is 98.5 Å². The van der Waals surface area contributed by atoms with Crippen LogP contribution in [0, 0.1) is 5.41 Å². The monoisotopic (exact) mass is 249 g/mol. The first kappa shape index (κ1) is 13.9. The van der Waals surface area contributed by atoms with Crippen LogP contribution in [0.4, 0.5) is 0 Å². The van der Waals surface area contributed by atoms with Gasteiger partial charge >= 0.3 is 0 Å². The molecule has 0 aliphatic carbocycles. The SMILES string of the molecule is CC(C)(CN)CCS(=O)(=O)C1CCOCC1. The number of hydrogen-bond donors (Lipinski definition) is 1. The molecule has 0 spiro atoms. The van der Waals surface area contributed by atoms with Crippen molar-refractivity contribution in [1.29, 1.82) is 0 Å². The molecule has 0 radical (unpaired) electrons. The van der Waals surface area contributed by atoms with Gasteiger partial charge in [0, 0.05) is 13.2 Å². The Balaban J connectivity index is 2.51. The molecule has 4 nitrogen and oxygen atoms in total. The molecule has 0 bridgehead atoms. The average Bonchev–Trinajstić information content (AvgIpc) is 2.28. The number of nitrogens with two attached hydrogens (primary N) is 1. The molecule has 1 fully saturated rings. The first-order valence-electron chi connectivity index (χ1n) is 5.87. The third-order valence-electron chi connectivity index (χ3n) is 3.29. The molecule has 0 amide bonds. The number of ether oxygens (including phenoxy) is 1. The van der Waals surface area contributed by atoms with Crippen molar-refractivity contribution >= 4 is 9.84 Å². The summed E-state index contributed by atoms with van der Waals surface area (Å²) in [6.07, 6.45) is 1.93. The van der Waals surface area contributed by atoms with Crippen molar-refractivity contribution in [1.82, 2.24) is 0 Å². The molecule has 5 heteroatoms. The summed E-state index contributed by atoms with van der Waals surface area (Å²) in [6, 6.07) is 0. The molecule has 1 rings (SSSR count). The van der Waals surface area contributed by atoms with E-state index in [4.69, 9.17) is 10.5 Å². The van der Waals surface area contributed by atoms with Gasteiger partial charge < -0.3 is 10.5 Å². The van der Waals surface area contributed by atoms with E-state index >= 15 is 0 Å². The second kappa shape index (κ2) is 5.47. The van der Waals surface area contributed by atoms with E-state index in [-0.39, 0.29) is 16.4 Å². The smallest absolute Gasteiger partial charge is 0.153 e. The molecule has 0 atom stereocenters. The maximum atomic E-state index is 12.1. The van der Waals surface area contributed by atoms with E-state index in [1.807, 2.05) is 13.8 Å². The van der Waals surface area contributed by atoms with Gasteiger partial charge in [-0.15, -0.1) is 0 Å². The van der Waals surface area contributed by atoms with Gasteiger partial charge in [-0.2, -0.15) is 0 Å². The van der Waals surface area contributed by atoms with Crippen LogP contribution in [-0.4, -0.2) is 39.2 Å². The number of sulfone groups is 1. The highest BCUT2D eigenvalue weighted by Gasteiger charge is 2.29. The molecule has 1 aliphatic heterocycles. The molecule has 16 heavy (non-hydrogen) atoms. The van der Waals surface area contributed by atoms with E-state index in [9.17, 15) is 8.42 Å². The van der Waals surface area contributed by atoms with Crippen LogP contribution in [0.25, 0.3) is 0 Å². The van der Waals surface area contributed by atoms with Gasteiger partial charge in [0.15, 0.2) is 9.84 Å². The maximum Gasteiger partial charge on any atom is 0.153 e. The highest BCUT2D eigenvalue weighted by Crippen LogP contribution is 2.23. The molecule has 1 heterocycles. The minimum Gasteiger partial charge on any atom is -0.381 e. The zero-order chi connectivity index (χ0) is 12.2. The third-order valence-corrected chi connectivity index (χ3v) is 5.55. The van der Waals surface area contributed by atoms with Crippen molar-refractivity contribution in [2.45, 2.75) is 38.4 Å². The lowest BCUT2D eigenvalue weighted by atomic mass is 9.91. The lowest BCUT2D eigenvalue weighted by Gasteiger charge is -2.26. The summed E-state index contributed by atoms with van der Waals surface area (Å²) in [5, 5.41) is -0.199. The van der Waals surface area contributed by atoms with Gasteiger partial charge in [-0.1, -0.05) is 13.8 Å². The highest BCUT2D eigenvalue weighted by atomic mass is 32.2. The van der Waals surface area contributed by atoms with Crippen LogP contribution in [0.2, 0.25) is 0 Å². The molecule has 0 aromatic heterocycles. The van der Waals surface area contributed by atoms with E-state index in [0.29, 0.717) is 39.0 Å². The van der Waals surface area contributed by atoms with Crippen molar-refractivity contribution in [3.63, 3.8) is 0 Å². The van der Waals surface area contributed by atoms with Gasteiger partial charge in [-0.25, -0.2) is 8.42 Å². The van der Waals surface area contributed by atoms with E-state index in [0.717, 1.165) is 0 Å². The van der Waals surface area contributed by atoms with Gasteiger partial charge in [0.2, 0.25) is 0 Å². The normalized spacial score (nSPS) is 19.9. The lowest BCUT2D eigenvalue weighted by molar-refractivity contribution is 0.0983. The second-order valence-electron chi connectivity index (χ2n) is 5.30. The molecular formula is C11H23NO3S. The van der Waals surface area contributed by atoms with E-state index < -0.39 is 9.84 Å². The standard InChI is InChI=1S/C11H23NO3S/c1-11(2,9-12)5-8-16(13,14)10-3-6-15-7-4-10/h10H,3-9,12H2,1-2H3. The Hall–Kier alpha value is -0.130. The van der Waals surface area contributed by atoms with Crippen molar-refractivity contribution in [3.8, 4) is 0 Å². The average molecular weight is 249 g/mol. The predicted octanol–water partition coefficient (Wildman–Crippen LogP) is 0.955. The molecule has 1 saturated heterocycles. The summed E-state index contributed by atoms with van der Waals surface area (Å²) in [7, 11) is -2.96. The first-order chi connectivity index (χ1) is 7.37.